The lowest BCUT2D eigenvalue weighted by Crippen LogP contribution is -2.39. The number of nitrogens with zero attached hydrogens (tertiary/aromatic N) is 4. The number of para-hydroxylation sites is 2. The number of benzene rings is 1. The zero-order valence-corrected chi connectivity index (χ0v) is 17.5. The zero-order valence-electron chi connectivity index (χ0n) is 16.7. The van der Waals surface area contributed by atoms with Crippen molar-refractivity contribution in [3.05, 3.63) is 35.9 Å². The Labute approximate surface area is 177 Å². The summed E-state index contributed by atoms with van der Waals surface area (Å²) in [5.41, 5.74) is 0. The Morgan fingerprint density at radius 3 is 2.69 bits per heavy atom. The molecule has 2 aliphatic rings. The molecule has 0 unspecified atom stereocenters. The molecule has 8 nitrogen and oxygen atoms in total. The minimum atomic E-state index is 0. The maximum atomic E-state index is 12.5. The van der Waals surface area contributed by atoms with Crippen molar-refractivity contribution < 1.29 is 14.3 Å². The maximum absolute atomic E-state index is 12.5. The van der Waals surface area contributed by atoms with Crippen LogP contribution in [0.5, 0.6) is 11.5 Å². The molecular weight excluding hydrogens is 394 g/mol. The fourth-order valence-electron chi connectivity index (χ4n) is 3.95. The monoisotopic (exact) mass is 421 g/mol. The summed E-state index contributed by atoms with van der Waals surface area (Å²) in [5, 5.41) is 12.1. The van der Waals surface area contributed by atoms with Crippen LogP contribution in [0.2, 0.25) is 0 Å². The molecule has 0 aliphatic carbocycles. The maximum Gasteiger partial charge on any atom is 0.225 e. The molecule has 0 bridgehead atoms. The third kappa shape index (κ3) is 4.82. The largest absolute Gasteiger partial charge is 0.493 e. The van der Waals surface area contributed by atoms with E-state index in [-0.39, 0.29) is 18.3 Å². The molecule has 1 saturated heterocycles. The Balaban J connectivity index is 0.00000240. The number of hydrogen-bond donors (Lipinski definition) is 1. The van der Waals surface area contributed by atoms with Crippen LogP contribution in [0, 0.1) is 0 Å². The first kappa shape index (κ1) is 21.4. The molecule has 9 heteroatoms. The van der Waals surface area contributed by atoms with Gasteiger partial charge in [0.15, 0.2) is 11.5 Å². The Morgan fingerprint density at radius 2 is 1.93 bits per heavy atom. The molecular formula is C20H28ClN5O3. The number of hydrogen-bond acceptors (Lipinski definition) is 6. The van der Waals surface area contributed by atoms with Gasteiger partial charge in [0, 0.05) is 32.1 Å². The summed E-state index contributed by atoms with van der Waals surface area (Å²) < 4.78 is 13.3. The van der Waals surface area contributed by atoms with E-state index in [0.29, 0.717) is 30.4 Å². The van der Waals surface area contributed by atoms with Crippen molar-refractivity contribution in [1.29, 1.82) is 0 Å². The molecule has 0 saturated carbocycles. The molecule has 0 spiro atoms. The van der Waals surface area contributed by atoms with Gasteiger partial charge >= 0.3 is 0 Å². The Hall–Kier alpha value is -2.32. The molecule has 158 valence electrons. The van der Waals surface area contributed by atoms with Gasteiger partial charge in [-0.3, -0.25) is 4.79 Å². The van der Waals surface area contributed by atoms with E-state index in [1.54, 1.807) is 7.11 Å². The molecule has 29 heavy (non-hydrogen) atoms. The van der Waals surface area contributed by atoms with E-state index < -0.39 is 0 Å². The van der Waals surface area contributed by atoms with Crippen LogP contribution in [-0.2, 0) is 17.9 Å². The first-order valence-corrected chi connectivity index (χ1v) is 9.92. The summed E-state index contributed by atoms with van der Waals surface area (Å²) in [6.07, 6.45) is 2.24. The van der Waals surface area contributed by atoms with Crippen LogP contribution in [0.15, 0.2) is 24.3 Å². The van der Waals surface area contributed by atoms with Gasteiger partial charge in [0.25, 0.3) is 0 Å². The van der Waals surface area contributed by atoms with E-state index in [9.17, 15) is 4.79 Å². The Bertz CT molecular complexity index is 820. The van der Waals surface area contributed by atoms with Crippen LogP contribution in [0.4, 0.5) is 0 Å². The summed E-state index contributed by atoms with van der Waals surface area (Å²) in [7, 11) is 1.61. The highest BCUT2D eigenvalue weighted by Gasteiger charge is 2.28. The van der Waals surface area contributed by atoms with Gasteiger partial charge in [0.05, 0.1) is 26.7 Å². The molecule has 1 amide bonds. The number of carbonyl (C=O) groups is 1. The van der Waals surface area contributed by atoms with Crippen LogP contribution in [0.3, 0.4) is 0 Å². The third-order valence-electron chi connectivity index (χ3n) is 5.51. The van der Waals surface area contributed by atoms with Crippen LogP contribution in [-0.4, -0.2) is 58.9 Å². The second-order valence-electron chi connectivity index (χ2n) is 7.21. The summed E-state index contributed by atoms with van der Waals surface area (Å²) >= 11 is 0. The highest BCUT2D eigenvalue weighted by Crippen LogP contribution is 2.28. The Kier molecular flexibility index (Phi) is 7.33. The fraction of sp³-hybridized carbons (Fsp3) is 0.550. The highest BCUT2D eigenvalue weighted by molar-refractivity contribution is 5.85. The summed E-state index contributed by atoms with van der Waals surface area (Å²) in [5.74, 6) is 3.98. The highest BCUT2D eigenvalue weighted by atomic mass is 35.5. The van der Waals surface area contributed by atoms with Crippen LogP contribution < -0.4 is 14.8 Å². The standard InChI is InChI=1S/C20H27N5O3.ClH/c1-27-16-4-2-3-5-17(16)28-13-8-19(26)24-10-6-15(7-11-24)20-23-22-18-14-21-9-12-25(18)20;/h2-5,15,21H,6-14H2,1H3;1H. The van der Waals surface area contributed by atoms with Crippen LogP contribution >= 0.6 is 12.4 Å². The number of nitrogens with one attached hydrogen (secondary N) is 1. The van der Waals surface area contributed by atoms with Crippen molar-refractivity contribution >= 4 is 18.3 Å². The van der Waals surface area contributed by atoms with Gasteiger partial charge in [0.2, 0.25) is 5.91 Å². The summed E-state index contributed by atoms with van der Waals surface area (Å²) in [4.78, 5) is 14.5. The van der Waals surface area contributed by atoms with Crippen molar-refractivity contribution in [2.75, 3.05) is 33.4 Å². The second kappa shape index (κ2) is 9.93. The molecule has 0 atom stereocenters. The minimum Gasteiger partial charge on any atom is -0.493 e. The van der Waals surface area contributed by atoms with Crippen molar-refractivity contribution in [1.82, 2.24) is 25.0 Å². The number of aromatic nitrogens is 3. The second-order valence-corrected chi connectivity index (χ2v) is 7.21. The van der Waals surface area contributed by atoms with Gasteiger partial charge in [0.1, 0.15) is 11.6 Å². The molecule has 3 heterocycles. The smallest absolute Gasteiger partial charge is 0.225 e. The number of rotatable bonds is 6. The number of carbonyl (C=O) groups excluding carboxylic acids is 1. The Morgan fingerprint density at radius 1 is 1.17 bits per heavy atom. The van der Waals surface area contributed by atoms with Crippen molar-refractivity contribution in [2.24, 2.45) is 0 Å². The average Bonchev–Trinajstić information content (AvgIpc) is 3.18. The quantitative estimate of drug-likeness (QED) is 0.768. The molecule has 2 aromatic rings. The predicted octanol–water partition coefficient (Wildman–Crippen LogP) is 1.99. The first-order valence-electron chi connectivity index (χ1n) is 9.92. The lowest BCUT2D eigenvalue weighted by atomic mass is 9.95. The lowest BCUT2D eigenvalue weighted by Gasteiger charge is -2.32. The van der Waals surface area contributed by atoms with Gasteiger partial charge < -0.3 is 24.3 Å². The SMILES string of the molecule is COc1ccccc1OCCC(=O)N1CCC(c2nnc3n2CCNC3)CC1.Cl. The summed E-state index contributed by atoms with van der Waals surface area (Å²) in [6.45, 7) is 4.55. The van der Waals surface area contributed by atoms with Gasteiger partial charge in [-0.05, 0) is 25.0 Å². The van der Waals surface area contributed by atoms with Gasteiger partial charge in [-0.15, -0.1) is 22.6 Å². The molecule has 1 aromatic heterocycles. The minimum absolute atomic E-state index is 0. The van der Waals surface area contributed by atoms with Gasteiger partial charge in [-0.2, -0.15) is 0 Å². The van der Waals surface area contributed by atoms with Gasteiger partial charge in [-0.25, -0.2) is 0 Å². The van der Waals surface area contributed by atoms with Crippen molar-refractivity contribution in [3.63, 3.8) is 0 Å². The molecule has 1 aromatic carbocycles. The number of ether oxygens (including phenoxy) is 2. The number of amides is 1. The average molecular weight is 422 g/mol. The normalized spacial score (nSPS) is 16.7. The van der Waals surface area contributed by atoms with Crippen molar-refractivity contribution in [3.8, 4) is 11.5 Å². The van der Waals surface area contributed by atoms with E-state index in [4.69, 9.17) is 9.47 Å². The number of methoxy groups -OCH3 is 1. The van der Waals surface area contributed by atoms with Crippen LogP contribution in [0.1, 0.15) is 36.8 Å². The number of piperidine rings is 1. The lowest BCUT2D eigenvalue weighted by molar-refractivity contribution is -0.132. The van der Waals surface area contributed by atoms with E-state index in [1.165, 1.54) is 0 Å². The molecule has 2 aliphatic heterocycles. The molecule has 1 fully saturated rings. The van der Waals surface area contributed by atoms with E-state index in [1.807, 2.05) is 29.2 Å². The third-order valence-corrected chi connectivity index (χ3v) is 5.51. The summed E-state index contributed by atoms with van der Waals surface area (Å²) in [6, 6.07) is 7.48. The molecule has 0 radical (unpaired) electrons. The van der Waals surface area contributed by atoms with Crippen LogP contribution in [0.25, 0.3) is 0 Å². The fourth-order valence-corrected chi connectivity index (χ4v) is 3.95. The van der Waals surface area contributed by atoms with E-state index in [2.05, 4.69) is 20.1 Å². The number of likely N-dealkylation sites (tertiary alicyclic amines) is 1. The van der Waals surface area contributed by atoms with E-state index >= 15 is 0 Å². The molecule has 1 N–H and O–H groups in total. The topological polar surface area (TPSA) is 81.5 Å². The number of fused-ring (bicyclic) bond motifs is 1. The zero-order chi connectivity index (χ0) is 19.3. The first-order chi connectivity index (χ1) is 13.8. The van der Waals surface area contributed by atoms with Crippen molar-refractivity contribution in [2.45, 2.75) is 38.3 Å². The van der Waals surface area contributed by atoms with E-state index in [0.717, 1.165) is 57.2 Å². The number of halogens is 1. The van der Waals surface area contributed by atoms with Gasteiger partial charge in [-0.1, -0.05) is 12.1 Å². The predicted molar refractivity (Wildman–Crippen MR) is 111 cm³/mol. The molecule has 4 rings (SSSR count).